The highest BCUT2D eigenvalue weighted by atomic mass is 32.2. The number of para-hydroxylation sites is 2. The van der Waals surface area contributed by atoms with E-state index in [0.29, 0.717) is 11.0 Å². The minimum atomic E-state index is 0.114. The number of thiazole rings is 1. The lowest BCUT2D eigenvalue weighted by atomic mass is 10.2. The zero-order valence-corrected chi connectivity index (χ0v) is 17.7. The predicted octanol–water partition coefficient (Wildman–Crippen LogP) is 4.95. The molecule has 0 aliphatic carbocycles. The molecule has 1 aliphatic heterocycles. The molecule has 0 saturated carbocycles. The monoisotopic (exact) mass is 426 g/mol. The van der Waals surface area contributed by atoms with Crippen molar-refractivity contribution in [2.45, 2.75) is 28.6 Å². The van der Waals surface area contributed by atoms with Crippen molar-refractivity contribution in [2.24, 2.45) is 0 Å². The van der Waals surface area contributed by atoms with E-state index in [1.54, 1.807) is 11.3 Å². The van der Waals surface area contributed by atoms with Gasteiger partial charge in [-0.05, 0) is 30.7 Å². The lowest BCUT2D eigenvalue weighted by molar-refractivity contribution is -0.116. The van der Waals surface area contributed by atoms with Crippen molar-refractivity contribution in [2.75, 3.05) is 17.2 Å². The maximum absolute atomic E-state index is 13.1. The summed E-state index contributed by atoms with van der Waals surface area (Å²) >= 11 is 4.92. The van der Waals surface area contributed by atoms with Crippen molar-refractivity contribution in [3.8, 4) is 0 Å². The molecule has 0 radical (unpaired) electrons. The zero-order valence-electron chi connectivity index (χ0n) is 15.2. The molecule has 5 rings (SSSR count). The second kappa shape index (κ2) is 7.42. The second-order valence-corrected chi connectivity index (χ2v) is 10.1. The zero-order chi connectivity index (χ0) is 19.1. The Morgan fingerprint density at radius 1 is 1.18 bits per heavy atom. The minimum Gasteiger partial charge on any atom is -0.311 e. The van der Waals surface area contributed by atoms with Gasteiger partial charge < -0.3 is 4.90 Å². The highest BCUT2D eigenvalue weighted by Crippen LogP contribution is 2.38. The Balaban J connectivity index is 1.40. The Kier molecular flexibility index (Phi) is 4.78. The van der Waals surface area contributed by atoms with Gasteiger partial charge in [0.15, 0.2) is 5.16 Å². The number of amides is 1. The van der Waals surface area contributed by atoms with Gasteiger partial charge in [0.2, 0.25) is 10.9 Å². The summed E-state index contributed by atoms with van der Waals surface area (Å²) < 4.78 is 3.22. The number of aromatic nitrogens is 3. The van der Waals surface area contributed by atoms with E-state index in [4.69, 9.17) is 0 Å². The predicted molar refractivity (Wildman–Crippen MR) is 118 cm³/mol. The lowest BCUT2D eigenvalue weighted by Crippen LogP contribution is -2.33. The van der Waals surface area contributed by atoms with Crippen molar-refractivity contribution in [3.05, 3.63) is 48.5 Å². The molecule has 4 aromatic rings. The minimum absolute atomic E-state index is 0.114. The molecule has 1 aliphatic rings. The van der Waals surface area contributed by atoms with Crippen LogP contribution in [-0.4, -0.2) is 38.1 Å². The van der Waals surface area contributed by atoms with E-state index in [1.165, 1.54) is 21.4 Å². The molecule has 1 atom stereocenters. The number of hydrogen-bond acceptors (Lipinski definition) is 6. The van der Waals surface area contributed by atoms with Crippen molar-refractivity contribution in [3.63, 3.8) is 0 Å². The summed E-state index contributed by atoms with van der Waals surface area (Å²) in [6.07, 6.45) is 0.986. The largest absolute Gasteiger partial charge is 0.311 e. The van der Waals surface area contributed by atoms with Gasteiger partial charge in [-0.2, -0.15) is 0 Å². The summed E-state index contributed by atoms with van der Waals surface area (Å²) in [4.78, 5) is 17.1. The van der Waals surface area contributed by atoms with Crippen molar-refractivity contribution < 1.29 is 4.79 Å². The first-order valence-corrected chi connectivity index (χ1v) is 11.8. The van der Waals surface area contributed by atoms with Gasteiger partial charge in [0.1, 0.15) is 0 Å². The molecule has 28 heavy (non-hydrogen) atoms. The van der Waals surface area contributed by atoms with Crippen LogP contribution < -0.4 is 4.90 Å². The molecule has 8 heteroatoms. The van der Waals surface area contributed by atoms with E-state index < -0.39 is 0 Å². The van der Waals surface area contributed by atoms with Crippen molar-refractivity contribution in [1.82, 2.24) is 14.6 Å². The van der Waals surface area contributed by atoms with Crippen LogP contribution in [0.25, 0.3) is 15.2 Å². The van der Waals surface area contributed by atoms with Crippen LogP contribution in [0, 0.1) is 0 Å². The lowest BCUT2D eigenvalue weighted by Gasteiger charge is -2.22. The van der Waals surface area contributed by atoms with Gasteiger partial charge in [-0.1, -0.05) is 54.3 Å². The summed E-state index contributed by atoms with van der Waals surface area (Å²) in [6, 6.07) is 16.4. The first-order valence-electron chi connectivity index (χ1n) is 9.12. The topological polar surface area (TPSA) is 50.5 Å². The Morgan fingerprint density at radius 2 is 2.00 bits per heavy atom. The first kappa shape index (κ1) is 18.0. The van der Waals surface area contributed by atoms with E-state index >= 15 is 0 Å². The maximum Gasteiger partial charge on any atom is 0.237 e. The smallest absolute Gasteiger partial charge is 0.237 e. The molecule has 0 fully saturated rings. The molecule has 0 spiro atoms. The van der Waals surface area contributed by atoms with Crippen LogP contribution in [0.2, 0.25) is 0 Å². The quantitative estimate of drug-likeness (QED) is 0.434. The Labute approximate surface area is 175 Å². The summed E-state index contributed by atoms with van der Waals surface area (Å²) in [5, 5.41) is 9.87. The number of hydrogen-bond donors (Lipinski definition) is 0. The van der Waals surface area contributed by atoms with Gasteiger partial charge in [0.25, 0.3) is 0 Å². The number of carbonyl (C=O) groups excluding carboxylic acids is 1. The average molecular weight is 427 g/mol. The standard InChI is InChI=1S/C20H18N4OS3/c1-13-10-11-23(14-6-2-4-8-16(14)27-13)18(25)12-26-19-21-22-20-24(19)15-7-3-5-9-17(15)28-20/h2-9,13H,10-12H2,1H3. The summed E-state index contributed by atoms with van der Waals surface area (Å²) in [5.74, 6) is 0.460. The Bertz CT molecular complexity index is 1170. The van der Waals surface area contributed by atoms with Crippen LogP contribution in [0.4, 0.5) is 5.69 Å². The Morgan fingerprint density at radius 3 is 2.93 bits per heavy atom. The van der Waals surface area contributed by atoms with Crippen LogP contribution in [-0.2, 0) is 4.79 Å². The van der Waals surface area contributed by atoms with Crippen LogP contribution in [0.5, 0.6) is 0 Å². The average Bonchev–Trinajstić information content (AvgIpc) is 3.21. The van der Waals surface area contributed by atoms with E-state index in [9.17, 15) is 4.79 Å². The van der Waals surface area contributed by atoms with Gasteiger partial charge >= 0.3 is 0 Å². The van der Waals surface area contributed by atoms with E-state index in [1.807, 2.05) is 51.4 Å². The summed E-state index contributed by atoms with van der Waals surface area (Å²) in [7, 11) is 0. The normalized spacial score (nSPS) is 17.0. The number of rotatable bonds is 3. The summed E-state index contributed by atoms with van der Waals surface area (Å²) in [5.41, 5.74) is 2.11. The number of carbonyl (C=O) groups is 1. The highest BCUT2D eigenvalue weighted by molar-refractivity contribution is 8.00. The second-order valence-electron chi connectivity index (χ2n) is 6.69. The molecular weight excluding hydrogens is 408 g/mol. The van der Waals surface area contributed by atoms with Crippen LogP contribution in [0.1, 0.15) is 13.3 Å². The van der Waals surface area contributed by atoms with Crippen LogP contribution >= 0.6 is 34.9 Å². The number of nitrogens with zero attached hydrogens (tertiary/aromatic N) is 4. The molecule has 0 saturated heterocycles. The fourth-order valence-electron chi connectivity index (χ4n) is 3.40. The maximum atomic E-state index is 13.1. The number of fused-ring (bicyclic) bond motifs is 4. The third-order valence-corrected chi connectivity index (χ3v) is 7.94. The molecule has 0 N–H and O–H groups in total. The van der Waals surface area contributed by atoms with E-state index in [-0.39, 0.29) is 5.91 Å². The fraction of sp³-hybridized carbons (Fsp3) is 0.250. The van der Waals surface area contributed by atoms with Crippen LogP contribution in [0.15, 0.2) is 58.6 Å². The van der Waals surface area contributed by atoms with Gasteiger partial charge in [0.05, 0.1) is 21.7 Å². The van der Waals surface area contributed by atoms with Gasteiger partial charge in [0, 0.05) is 16.7 Å². The molecule has 5 nitrogen and oxygen atoms in total. The van der Waals surface area contributed by atoms with Crippen LogP contribution in [0.3, 0.4) is 0 Å². The summed E-state index contributed by atoms with van der Waals surface area (Å²) in [6.45, 7) is 2.97. The van der Waals surface area contributed by atoms with Gasteiger partial charge in [-0.25, -0.2) is 0 Å². The number of benzene rings is 2. The molecule has 3 heterocycles. The Hall–Kier alpha value is -2.03. The van der Waals surface area contributed by atoms with Gasteiger partial charge in [-0.3, -0.25) is 9.20 Å². The SMILES string of the molecule is CC1CCN(C(=O)CSc2nnc3sc4ccccc4n23)c2ccccc2S1. The van der Waals surface area contributed by atoms with E-state index in [0.717, 1.165) is 34.3 Å². The molecule has 0 bridgehead atoms. The first-order chi connectivity index (χ1) is 13.7. The molecule has 1 amide bonds. The third-order valence-electron chi connectivity index (χ3n) is 4.78. The molecule has 2 aromatic heterocycles. The number of anilines is 1. The molecule has 1 unspecified atom stereocenters. The molecular formula is C20H18N4OS3. The van der Waals surface area contributed by atoms with Gasteiger partial charge in [-0.15, -0.1) is 22.0 Å². The van der Waals surface area contributed by atoms with Crippen molar-refractivity contribution in [1.29, 1.82) is 0 Å². The molecule has 142 valence electrons. The van der Waals surface area contributed by atoms with Crippen molar-refractivity contribution >= 4 is 61.6 Å². The number of thioether (sulfide) groups is 2. The van der Waals surface area contributed by atoms with E-state index in [2.05, 4.69) is 35.3 Å². The third kappa shape index (κ3) is 3.19. The highest BCUT2D eigenvalue weighted by Gasteiger charge is 2.24. The molecule has 2 aromatic carbocycles. The fourth-order valence-corrected chi connectivity index (χ4v) is 6.36.